The quantitative estimate of drug-likeness (QED) is 0.876. The molecule has 0 saturated heterocycles. The van der Waals surface area contributed by atoms with Crippen molar-refractivity contribution in [2.75, 3.05) is 12.4 Å². The Kier molecular flexibility index (Phi) is 4.73. The van der Waals surface area contributed by atoms with Gasteiger partial charge in [-0.2, -0.15) is 5.10 Å². The average molecular weight is 341 g/mol. The van der Waals surface area contributed by atoms with Gasteiger partial charge in [-0.1, -0.05) is 15.9 Å². The second-order valence-corrected chi connectivity index (χ2v) is 5.10. The van der Waals surface area contributed by atoms with E-state index in [4.69, 9.17) is 0 Å². The lowest BCUT2D eigenvalue weighted by Crippen LogP contribution is -2.23. The Balaban J connectivity index is 1.97. The molecule has 7 heteroatoms. The zero-order chi connectivity index (χ0) is 14.5. The van der Waals surface area contributed by atoms with Crippen molar-refractivity contribution in [1.82, 2.24) is 15.1 Å². The maximum absolute atomic E-state index is 13.6. The molecular formula is C13H14BrFN4O. The van der Waals surface area contributed by atoms with Crippen molar-refractivity contribution in [3.63, 3.8) is 0 Å². The molecule has 1 aromatic carbocycles. The van der Waals surface area contributed by atoms with Crippen LogP contribution < -0.4 is 10.6 Å². The first-order valence-electron chi connectivity index (χ1n) is 5.99. The molecule has 0 atom stereocenters. The number of rotatable bonds is 5. The normalized spacial score (nSPS) is 10.3. The van der Waals surface area contributed by atoms with Crippen LogP contribution in [-0.2, 0) is 17.9 Å². The van der Waals surface area contributed by atoms with Crippen LogP contribution in [0.15, 0.2) is 35.1 Å². The van der Waals surface area contributed by atoms with Crippen molar-refractivity contribution < 1.29 is 9.18 Å². The number of hydrogen-bond acceptors (Lipinski definition) is 3. The smallest absolute Gasteiger partial charge is 0.241 e. The van der Waals surface area contributed by atoms with E-state index in [0.717, 1.165) is 10.2 Å². The number of halogens is 2. The van der Waals surface area contributed by atoms with E-state index in [1.165, 1.54) is 10.7 Å². The summed E-state index contributed by atoms with van der Waals surface area (Å²) in [6.45, 7) is 0.500. The van der Waals surface area contributed by atoms with Gasteiger partial charge < -0.3 is 10.6 Å². The highest BCUT2D eigenvalue weighted by Gasteiger charge is 2.05. The van der Waals surface area contributed by atoms with Crippen LogP contribution in [0, 0.1) is 5.82 Å². The molecule has 2 aromatic rings. The molecule has 2 rings (SSSR count). The van der Waals surface area contributed by atoms with Gasteiger partial charge in [0.2, 0.25) is 5.91 Å². The Morgan fingerprint density at radius 2 is 2.30 bits per heavy atom. The number of nitrogens with one attached hydrogen (secondary N) is 2. The van der Waals surface area contributed by atoms with Crippen molar-refractivity contribution in [1.29, 1.82) is 0 Å². The van der Waals surface area contributed by atoms with Crippen LogP contribution in [0.25, 0.3) is 0 Å². The lowest BCUT2D eigenvalue weighted by Gasteiger charge is -2.05. The third kappa shape index (κ3) is 3.80. The number of carbonyl (C=O) groups excluding carboxylic acids is 1. The molecule has 0 aliphatic rings. The molecule has 0 saturated carbocycles. The van der Waals surface area contributed by atoms with E-state index in [9.17, 15) is 9.18 Å². The minimum absolute atomic E-state index is 0.127. The van der Waals surface area contributed by atoms with E-state index in [2.05, 4.69) is 31.7 Å². The van der Waals surface area contributed by atoms with Gasteiger partial charge in [0.25, 0.3) is 0 Å². The van der Waals surface area contributed by atoms with E-state index in [1.54, 1.807) is 31.6 Å². The summed E-state index contributed by atoms with van der Waals surface area (Å²) in [6, 6.07) is 4.79. The molecule has 1 heterocycles. The largest absolute Gasteiger partial charge is 0.378 e. The summed E-state index contributed by atoms with van der Waals surface area (Å²) in [5.41, 5.74) is 1.28. The highest BCUT2D eigenvalue weighted by Crippen LogP contribution is 2.17. The van der Waals surface area contributed by atoms with Crippen molar-refractivity contribution in [2.45, 2.75) is 13.1 Å². The fourth-order valence-corrected chi connectivity index (χ4v) is 2.05. The number of amides is 1. The minimum atomic E-state index is -0.265. The van der Waals surface area contributed by atoms with Gasteiger partial charge in [0.05, 0.1) is 11.9 Å². The van der Waals surface area contributed by atoms with Gasteiger partial charge in [-0.25, -0.2) is 4.39 Å². The van der Waals surface area contributed by atoms with Crippen molar-refractivity contribution in [3.8, 4) is 0 Å². The Morgan fingerprint density at radius 3 is 3.05 bits per heavy atom. The van der Waals surface area contributed by atoms with Crippen LogP contribution in [0.5, 0.6) is 0 Å². The summed E-state index contributed by atoms with van der Waals surface area (Å²) in [6.07, 6.45) is 3.30. The van der Waals surface area contributed by atoms with Crippen molar-refractivity contribution in [2.24, 2.45) is 0 Å². The molecule has 0 bridgehead atoms. The molecule has 2 N–H and O–H groups in total. The van der Waals surface area contributed by atoms with Gasteiger partial charge in [-0.3, -0.25) is 9.48 Å². The predicted octanol–water partition coefficient (Wildman–Crippen LogP) is 2.14. The highest BCUT2D eigenvalue weighted by atomic mass is 79.9. The first kappa shape index (κ1) is 14.5. The Labute approximate surface area is 124 Å². The third-order valence-corrected chi connectivity index (χ3v) is 3.20. The maximum atomic E-state index is 13.6. The molecule has 0 unspecified atom stereocenters. The zero-order valence-corrected chi connectivity index (χ0v) is 12.4. The number of benzene rings is 1. The van der Waals surface area contributed by atoms with Crippen molar-refractivity contribution >= 4 is 27.5 Å². The fourth-order valence-electron chi connectivity index (χ4n) is 1.64. The molecule has 0 spiro atoms. The first-order chi connectivity index (χ1) is 9.58. The summed E-state index contributed by atoms with van der Waals surface area (Å²) in [5.74, 6) is -0.392. The van der Waals surface area contributed by atoms with Gasteiger partial charge in [0.15, 0.2) is 0 Å². The van der Waals surface area contributed by atoms with Gasteiger partial charge in [-0.15, -0.1) is 0 Å². The monoisotopic (exact) mass is 340 g/mol. The standard InChI is InChI=1S/C13H14BrFN4O/c1-16-13(20)8-19-7-11(6-18-19)17-5-9-4-10(14)2-3-12(9)15/h2-4,6-7,17H,5,8H2,1H3,(H,16,20). The van der Waals surface area contributed by atoms with Crippen LogP contribution in [0.1, 0.15) is 5.56 Å². The number of hydrogen-bond donors (Lipinski definition) is 2. The molecule has 5 nitrogen and oxygen atoms in total. The lowest BCUT2D eigenvalue weighted by atomic mass is 10.2. The summed E-state index contributed by atoms with van der Waals surface area (Å²) in [4.78, 5) is 11.2. The predicted molar refractivity (Wildman–Crippen MR) is 77.7 cm³/mol. The molecule has 20 heavy (non-hydrogen) atoms. The number of anilines is 1. The molecule has 1 aromatic heterocycles. The molecule has 106 valence electrons. The van der Waals surface area contributed by atoms with Crippen LogP contribution in [0.2, 0.25) is 0 Å². The van der Waals surface area contributed by atoms with Crippen LogP contribution in [0.3, 0.4) is 0 Å². The number of nitrogens with zero attached hydrogens (tertiary/aromatic N) is 2. The second kappa shape index (κ2) is 6.51. The van der Waals surface area contributed by atoms with Crippen molar-refractivity contribution in [3.05, 3.63) is 46.4 Å². The Morgan fingerprint density at radius 1 is 1.50 bits per heavy atom. The van der Waals surface area contributed by atoms with Gasteiger partial charge in [0, 0.05) is 29.8 Å². The Bertz CT molecular complexity index is 614. The minimum Gasteiger partial charge on any atom is -0.378 e. The molecule has 0 fully saturated rings. The van der Waals surface area contributed by atoms with Crippen LogP contribution >= 0.6 is 15.9 Å². The number of aromatic nitrogens is 2. The summed E-state index contributed by atoms with van der Waals surface area (Å²) < 4.78 is 15.9. The highest BCUT2D eigenvalue weighted by molar-refractivity contribution is 9.10. The lowest BCUT2D eigenvalue weighted by molar-refractivity contribution is -0.121. The molecule has 0 aliphatic carbocycles. The topological polar surface area (TPSA) is 59.0 Å². The summed E-state index contributed by atoms with van der Waals surface area (Å²) >= 11 is 3.31. The maximum Gasteiger partial charge on any atom is 0.241 e. The van der Waals surface area contributed by atoms with E-state index < -0.39 is 0 Å². The molecule has 1 amide bonds. The fraction of sp³-hybridized carbons (Fsp3) is 0.231. The van der Waals surface area contributed by atoms with E-state index >= 15 is 0 Å². The third-order valence-electron chi connectivity index (χ3n) is 2.71. The van der Waals surface area contributed by atoms with Gasteiger partial charge >= 0.3 is 0 Å². The summed E-state index contributed by atoms with van der Waals surface area (Å²) in [7, 11) is 1.57. The SMILES string of the molecule is CNC(=O)Cn1cc(NCc2cc(Br)ccc2F)cn1. The first-order valence-corrected chi connectivity index (χ1v) is 6.78. The number of carbonyl (C=O) groups is 1. The molecular weight excluding hydrogens is 327 g/mol. The van der Waals surface area contributed by atoms with Gasteiger partial charge in [-0.05, 0) is 18.2 Å². The molecule has 0 radical (unpaired) electrons. The van der Waals surface area contributed by atoms with Crippen LogP contribution in [0.4, 0.5) is 10.1 Å². The molecule has 0 aliphatic heterocycles. The summed E-state index contributed by atoms with van der Waals surface area (Å²) in [5, 5.41) is 9.63. The Hall–Kier alpha value is -1.89. The average Bonchev–Trinajstić information content (AvgIpc) is 2.87. The van der Waals surface area contributed by atoms with E-state index in [-0.39, 0.29) is 18.3 Å². The van der Waals surface area contributed by atoms with Gasteiger partial charge in [0.1, 0.15) is 12.4 Å². The zero-order valence-electron chi connectivity index (χ0n) is 10.9. The van der Waals surface area contributed by atoms with E-state index in [1.807, 2.05) is 0 Å². The number of likely N-dealkylation sites (N-methyl/N-ethyl adjacent to an activating group) is 1. The second-order valence-electron chi connectivity index (χ2n) is 4.19. The van der Waals surface area contributed by atoms with E-state index in [0.29, 0.717) is 12.1 Å². The van der Waals surface area contributed by atoms with Crippen LogP contribution in [-0.4, -0.2) is 22.7 Å².